The zero-order chi connectivity index (χ0) is 6.85. The minimum atomic E-state index is -0.902. The van der Waals surface area contributed by atoms with Gasteiger partial charge < -0.3 is 0 Å². The molecule has 0 spiro atoms. The molecule has 5 heteroatoms. The molecule has 0 radical (unpaired) electrons. The molecule has 0 aliphatic rings. The molecule has 0 N–H and O–H groups in total. The van der Waals surface area contributed by atoms with E-state index in [9.17, 15) is 8.78 Å². The second kappa shape index (κ2) is 2.51. The lowest BCUT2D eigenvalue weighted by molar-refractivity contribution is 0.508. The molecule has 0 aliphatic heterocycles. The van der Waals surface area contributed by atoms with Crippen molar-refractivity contribution in [2.45, 2.75) is 0 Å². The molecule has 0 saturated heterocycles. The van der Waals surface area contributed by atoms with Crippen LogP contribution in [0.1, 0.15) is 0 Å². The molecule has 0 unspecified atom stereocenters. The fourth-order valence-electron chi connectivity index (χ4n) is 0.326. The molecule has 48 valence electrons. The van der Waals surface area contributed by atoms with Crippen LogP contribution in [0.15, 0.2) is 6.20 Å². The summed E-state index contributed by atoms with van der Waals surface area (Å²) in [6, 6.07) is 0. The Kier molecular flexibility index (Phi) is 1.89. The number of aromatic nitrogens is 2. The lowest BCUT2D eigenvalue weighted by Gasteiger charge is -1.88. The van der Waals surface area contributed by atoms with Gasteiger partial charge >= 0.3 is 6.08 Å². The summed E-state index contributed by atoms with van der Waals surface area (Å²) in [7, 11) is 0. The summed E-state index contributed by atoms with van der Waals surface area (Å²) in [6.07, 6.45) is -0.106. The molecule has 1 aromatic rings. The first-order chi connectivity index (χ1) is 4.20. The third-order valence-electron chi connectivity index (χ3n) is 0.672. The van der Waals surface area contributed by atoms with E-state index in [-0.39, 0.29) is 3.70 Å². The van der Waals surface area contributed by atoms with Gasteiger partial charge in [0, 0.05) is 0 Å². The van der Waals surface area contributed by atoms with Gasteiger partial charge in [-0.15, -0.1) is 0 Å². The first-order valence-electron chi connectivity index (χ1n) is 2.03. The molecule has 0 amide bonds. The highest BCUT2D eigenvalue weighted by Gasteiger charge is 2.00. The Morgan fingerprint density at radius 3 is 2.56 bits per heavy atom. The molecule has 0 atom stereocenters. The number of hydrogen-bond acceptors (Lipinski definition) is 2. The van der Waals surface area contributed by atoms with E-state index in [1.165, 1.54) is 0 Å². The third-order valence-corrected chi connectivity index (χ3v) is 1.43. The van der Waals surface area contributed by atoms with Crippen molar-refractivity contribution >= 4 is 22.6 Å². The van der Waals surface area contributed by atoms with Crippen molar-refractivity contribution in [1.82, 2.24) is 9.97 Å². The number of hydrogen-bond donors (Lipinski definition) is 0. The average molecular weight is 242 g/mol. The molecule has 1 aromatic heterocycles. The first-order valence-corrected chi connectivity index (χ1v) is 3.11. The summed E-state index contributed by atoms with van der Waals surface area (Å²) in [5.74, 6) is -0.600. The van der Waals surface area contributed by atoms with Crippen LogP contribution < -0.4 is 0 Å². The molecule has 0 aliphatic carbocycles. The van der Waals surface area contributed by atoms with E-state index in [1.54, 1.807) is 22.6 Å². The van der Waals surface area contributed by atoms with E-state index in [1.807, 2.05) is 0 Å². The van der Waals surface area contributed by atoms with Gasteiger partial charge in [-0.05, 0) is 22.6 Å². The maximum Gasteiger partial charge on any atom is 0.309 e. The Morgan fingerprint density at radius 2 is 2.11 bits per heavy atom. The van der Waals surface area contributed by atoms with Crippen LogP contribution in [0.5, 0.6) is 0 Å². The summed E-state index contributed by atoms with van der Waals surface area (Å²) >= 11 is 1.58. The quantitative estimate of drug-likeness (QED) is 0.390. The van der Waals surface area contributed by atoms with Crippen molar-refractivity contribution < 1.29 is 8.78 Å². The van der Waals surface area contributed by atoms with Crippen molar-refractivity contribution in [1.29, 1.82) is 0 Å². The van der Waals surface area contributed by atoms with Crippen molar-refractivity contribution in [2.75, 3.05) is 0 Å². The van der Waals surface area contributed by atoms with Gasteiger partial charge in [-0.25, -0.2) is 9.37 Å². The van der Waals surface area contributed by atoms with Crippen LogP contribution in [0.3, 0.4) is 0 Å². The van der Waals surface area contributed by atoms with Gasteiger partial charge in [0.05, 0.1) is 6.20 Å². The lowest BCUT2D eigenvalue weighted by atomic mass is 10.6. The zero-order valence-corrected chi connectivity index (χ0v) is 6.26. The summed E-state index contributed by atoms with van der Waals surface area (Å²) in [6.45, 7) is 0. The largest absolute Gasteiger partial charge is 0.309 e. The van der Waals surface area contributed by atoms with E-state index in [4.69, 9.17) is 0 Å². The van der Waals surface area contributed by atoms with Crippen molar-refractivity contribution in [3.63, 3.8) is 0 Å². The van der Waals surface area contributed by atoms with Crippen LogP contribution in [0, 0.1) is 15.6 Å². The Morgan fingerprint density at radius 1 is 1.44 bits per heavy atom. The molecule has 1 heterocycles. The fourth-order valence-corrected chi connectivity index (χ4v) is 0.665. The molecule has 0 saturated carbocycles. The Balaban J connectivity index is 3.17. The highest BCUT2D eigenvalue weighted by atomic mass is 127. The van der Waals surface area contributed by atoms with E-state index in [2.05, 4.69) is 9.97 Å². The molecule has 0 fully saturated rings. The molecular weight excluding hydrogens is 241 g/mol. The molecule has 2 nitrogen and oxygen atoms in total. The van der Waals surface area contributed by atoms with Gasteiger partial charge in [-0.2, -0.15) is 9.37 Å². The van der Waals surface area contributed by atoms with Gasteiger partial charge in [0.1, 0.15) is 3.70 Å². The summed E-state index contributed by atoms with van der Waals surface area (Å²) in [5.41, 5.74) is 0. The number of nitrogens with zero attached hydrogens (tertiary/aromatic N) is 2. The van der Waals surface area contributed by atoms with E-state index in [0.29, 0.717) is 0 Å². The van der Waals surface area contributed by atoms with E-state index >= 15 is 0 Å². The fraction of sp³-hybridized carbons (Fsp3) is 0. The monoisotopic (exact) mass is 242 g/mol. The van der Waals surface area contributed by atoms with Crippen LogP contribution >= 0.6 is 22.6 Å². The Hall–Kier alpha value is -0.330. The topological polar surface area (TPSA) is 25.8 Å². The van der Waals surface area contributed by atoms with Crippen LogP contribution in [0.2, 0.25) is 0 Å². The highest BCUT2D eigenvalue weighted by molar-refractivity contribution is 14.1. The summed E-state index contributed by atoms with van der Waals surface area (Å²) in [4.78, 5) is 6.09. The lowest BCUT2D eigenvalue weighted by Crippen LogP contribution is -1.94. The van der Waals surface area contributed by atoms with Gasteiger partial charge in [0.25, 0.3) is 0 Å². The minimum Gasteiger partial charge on any atom is -0.208 e. The summed E-state index contributed by atoms with van der Waals surface area (Å²) < 4.78 is 24.2. The van der Waals surface area contributed by atoms with Gasteiger partial charge in [0.15, 0.2) is 5.82 Å². The molecule has 0 bridgehead atoms. The predicted octanol–water partition coefficient (Wildman–Crippen LogP) is 1.36. The van der Waals surface area contributed by atoms with Crippen molar-refractivity contribution in [2.24, 2.45) is 0 Å². The van der Waals surface area contributed by atoms with Crippen LogP contribution in [0.25, 0.3) is 0 Å². The van der Waals surface area contributed by atoms with Crippen LogP contribution in [-0.2, 0) is 0 Å². The Labute approximate surface area is 63.5 Å². The maximum absolute atomic E-state index is 12.2. The van der Waals surface area contributed by atoms with E-state index < -0.39 is 11.9 Å². The van der Waals surface area contributed by atoms with Gasteiger partial charge in [0.2, 0.25) is 0 Å². The van der Waals surface area contributed by atoms with Gasteiger partial charge in [-0.3, -0.25) is 0 Å². The van der Waals surface area contributed by atoms with Crippen LogP contribution in [0.4, 0.5) is 8.78 Å². The standard InChI is InChI=1S/C4HF2IN2/c5-2-1-8-4(6)9-3(2)7/h1H. The maximum atomic E-state index is 12.2. The third kappa shape index (κ3) is 1.54. The second-order valence-corrected chi connectivity index (χ2v) is 2.30. The molecule has 0 aromatic carbocycles. The van der Waals surface area contributed by atoms with E-state index in [0.717, 1.165) is 6.20 Å². The SMILES string of the molecule is Fc1ncc(F)c(I)n1. The average Bonchev–Trinajstić information content (AvgIpc) is 1.80. The van der Waals surface area contributed by atoms with Crippen molar-refractivity contribution in [3.05, 3.63) is 21.8 Å². The summed E-state index contributed by atoms with van der Waals surface area (Å²) in [5, 5.41) is 0. The highest BCUT2D eigenvalue weighted by Crippen LogP contribution is 2.04. The minimum absolute atomic E-state index is 0.0000926. The van der Waals surface area contributed by atoms with Crippen LogP contribution in [-0.4, -0.2) is 9.97 Å². The number of rotatable bonds is 0. The second-order valence-electron chi connectivity index (χ2n) is 1.28. The molecular formula is C4HF2IN2. The van der Waals surface area contributed by atoms with Gasteiger partial charge in [-0.1, -0.05) is 0 Å². The van der Waals surface area contributed by atoms with Crippen molar-refractivity contribution in [3.8, 4) is 0 Å². The Bertz CT molecular complexity index is 228. The zero-order valence-electron chi connectivity index (χ0n) is 4.11. The molecule has 1 rings (SSSR count). The predicted molar refractivity (Wildman–Crippen MR) is 34.7 cm³/mol. The number of halogens is 3. The normalized spacial score (nSPS) is 9.67. The first kappa shape index (κ1) is 6.79. The smallest absolute Gasteiger partial charge is 0.208 e. The molecule has 9 heavy (non-hydrogen) atoms.